The zero-order valence-electron chi connectivity index (χ0n) is 12.5. The van der Waals surface area contributed by atoms with Gasteiger partial charge in [-0.2, -0.15) is 22.0 Å². The molecule has 0 bridgehead atoms. The van der Waals surface area contributed by atoms with E-state index in [4.69, 9.17) is 4.74 Å². The number of anilines is 1. The van der Waals surface area contributed by atoms with Crippen molar-refractivity contribution in [1.29, 1.82) is 0 Å². The van der Waals surface area contributed by atoms with Crippen molar-refractivity contribution in [3.8, 4) is 5.75 Å². The topological polar surface area (TPSA) is 38.3 Å². The minimum absolute atomic E-state index is 0.117. The van der Waals surface area contributed by atoms with Crippen LogP contribution in [0.4, 0.5) is 27.6 Å². The van der Waals surface area contributed by atoms with Crippen LogP contribution in [0.1, 0.15) is 5.56 Å². The van der Waals surface area contributed by atoms with Crippen LogP contribution in [-0.4, -0.2) is 18.3 Å². The molecule has 3 nitrogen and oxygen atoms in total. The maximum absolute atomic E-state index is 12.4. The van der Waals surface area contributed by atoms with Gasteiger partial charge in [-0.1, -0.05) is 11.8 Å². The van der Waals surface area contributed by atoms with Crippen LogP contribution in [0, 0.1) is 0 Å². The first-order valence-electron chi connectivity index (χ1n) is 6.89. The summed E-state index contributed by atoms with van der Waals surface area (Å²) in [5, 5.41) is 2.49. The minimum atomic E-state index is -4.44. The summed E-state index contributed by atoms with van der Waals surface area (Å²) in [6.45, 7) is -0.404. The van der Waals surface area contributed by atoms with Gasteiger partial charge < -0.3 is 10.1 Å². The zero-order chi connectivity index (χ0) is 18.4. The van der Waals surface area contributed by atoms with Crippen LogP contribution in [0.5, 0.6) is 5.75 Å². The van der Waals surface area contributed by atoms with Crippen molar-refractivity contribution in [2.75, 3.05) is 11.9 Å². The van der Waals surface area contributed by atoms with Crippen molar-refractivity contribution in [1.82, 2.24) is 0 Å². The van der Waals surface area contributed by atoms with Crippen molar-refractivity contribution in [2.24, 2.45) is 0 Å². The maximum Gasteiger partial charge on any atom is 0.416 e. The van der Waals surface area contributed by atoms with Crippen LogP contribution in [0.15, 0.2) is 53.4 Å². The van der Waals surface area contributed by atoms with Crippen LogP contribution in [0.25, 0.3) is 0 Å². The van der Waals surface area contributed by atoms with Gasteiger partial charge in [0.25, 0.3) is 11.7 Å². The molecule has 9 heteroatoms. The molecule has 0 aliphatic carbocycles. The fourth-order valence-electron chi connectivity index (χ4n) is 1.81. The highest BCUT2D eigenvalue weighted by atomic mass is 32.2. The summed E-state index contributed by atoms with van der Waals surface area (Å²) in [7, 11) is 0. The third kappa shape index (κ3) is 6.26. The highest BCUT2D eigenvalue weighted by molar-refractivity contribution is 7.99. The molecule has 0 heterocycles. The number of carbonyl (C=O) groups excluding carboxylic acids is 1. The molecule has 1 amide bonds. The third-order valence-electron chi connectivity index (χ3n) is 2.91. The van der Waals surface area contributed by atoms with E-state index in [0.717, 1.165) is 24.3 Å². The normalized spacial score (nSPS) is 11.4. The number of hydrogen-bond acceptors (Lipinski definition) is 3. The van der Waals surface area contributed by atoms with Gasteiger partial charge in [-0.15, -0.1) is 0 Å². The van der Waals surface area contributed by atoms with E-state index in [-0.39, 0.29) is 5.75 Å². The van der Waals surface area contributed by atoms with Crippen LogP contribution >= 0.6 is 11.8 Å². The summed E-state index contributed by atoms with van der Waals surface area (Å²) in [6.07, 6.45) is -4.44. The lowest BCUT2D eigenvalue weighted by Gasteiger charge is -2.10. The highest BCUT2D eigenvalue weighted by Crippen LogP contribution is 2.30. The number of benzene rings is 2. The average Bonchev–Trinajstić information content (AvgIpc) is 2.54. The van der Waals surface area contributed by atoms with E-state index in [1.807, 2.05) is 0 Å². The van der Waals surface area contributed by atoms with E-state index < -0.39 is 30.0 Å². The maximum atomic E-state index is 12.4. The van der Waals surface area contributed by atoms with Gasteiger partial charge in [0, 0.05) is 10.6 Å². The number of halogens is 5. The standard InChI is InChI=1S/C16H12F5NO2S/c17-15(18)25-13-7-3-11(4-8-13)22-14(23)9-24-12-5-1-10(2-6-12)16(19,20)21/h1-8,15H,9H2,(H,22,23). The summed E-state index contributed by atoms with van der Waals surface area (Å²) in [5.41, 5.74) is -0.425. The van der Waals surface area contributed by atoms with Crippen molar-refractivity contribution >= 4 is 23.4 Å². The molecule has 134 valence electrons. The molecule has 0 radical (unpaired) electrons. The number of rotatable bonds is 6. The van der Waals surface area contributed by atoms with E-state index in [1.54, 1.807) is 0 Å². The molecule has 2 aromatic rings. The molecule has 0 atom stereocenters. The molecule has 25 heavy (non-hydrogen) atoms. The van der Waals surface area contributed by atoms with E-state index in [1.165, 1.54) is 24.3 Å². The Morgan fingerprint density at radius 1 is 1.04 bits per heavy atom. The number of alkyl halides is 5. The predicted octanol–water partition coefficient (Wildman–Crippen LogP) is 5.04. The molecule has 2 rings (SSSR count). The van der Waals surface area contributed by atoms with Gasteiger partial charge in [0.15, 0.2) is 6.61 Å². The highest BCUT2D eigenvalue weighted by Gasteiger charge is 2.30. The lowest BCUT2D eigenvalue weighted by atomic mass is 10.2. The summed E-state index contributed by atoms with van der Waals surface area (Å²) in [6, 6.07) is 9.73. The fraction of sp³-hybridized carbons (Fsp3) is 0.188. The van der Waals surface area contributed by atoms with Gasteiger partial charge in [0.05, 0.1) is 5.56 Å². The lowest BCUT2D eigenvalue weighted by Crippen LogP contribution is -2.20. The van der Waals surface area contributed by atoms with Gasteiger partial charge in [-0.3, -0.25) is 4.79 Å². The molecular formula is C16H12F5NO2S. The quantitative estimate of drug-likeness (QED) is 0.566. The van der Waals surface area contributed by atoms with Crippen molar-refractivity contribution in [2.45, 2.75) is 16.8 Å². The number of nitrogens with one attached hydrogen (secondary N) is 1. The number of carbonyl (C=O) groups is 1. The molecule has 0 aromatic heterocycles. The van der Waals surface area contributed by atoms with Crippen molar-refractivity contribution < 1.29 is 31.5 Å². The first-order chi connectivity index (χ1) is 11.7. The van der Waals surface area contributed by atoms with E-state index in [9.17, 15) is 26.7 Å². The molecule has 0 aliphatic heterocycles. The number of ether oxygens (including phenoxy) is 1. The Balaban J connectivity index is 1.84. The van der Waals surface area contributed by atoms with E-state index >= 15 is 0 Å². The predicted molar refractivity (Wildman–Crippen MR) is 83.9 cm³/mol. The second-order valence-corrected chi connectivity index (χ2v) is 5.83. The summed E-state index contributed by atoms with van der Waals surface area (Å²) < 4.78 is 66.8. The fourth-order valence-corrected chi connectivity index (χ4v) is 2.30. The molecule has 0 aliphatic rings. The van der Waals surface area contributed by atoms with E-state index in [0.29, 0.717) is 22.3 Å². The zero-order valence-corrected chi connectivity index (χ0v) is 13.3. The number of hydrogen-bond donors (Lipinski definition) is 1. The molecule has 0 saturated heterocycles. The minimum Gasteiger partial charge on any atom is -0.484 e. The van der Waals surface area contributed by atoms with E-state index in [2.05, 4.69) is 5.32 Å². The summed E-state index contributed by atoms with van der Waals surface area (Å²) >= 11 is 0.386. The average molecular weight is 377 g/mol. The Morgan fingerprint density at radius 2 is 1.64 bits per heavy atom. The number of thioether (sulfide) groups is 1. The Kier molecular flexibility index (Phi) is 6.24. The smallest absolute Gasteiger partial charge is 0.416 e. The molecular weight excluding hydrogens is 365 g/mol. The summed E-state index contributed by atoms with van der Waals surface area (Å²) in [5.74, 6) is -2.95. The SMILES string of the molecule is O=C(COc1ccc(C(F)(F)F)cc1)Nc1ccc(SC(F)F)cc1. The number of amides is 1. The van der Waals surface area contributed by atoms with Crippen LogP contribution in [-0.2, 0) is 11.0 Å². The molecule has 0 fully saturated rings. The monoisotopic (exact) mass is 377 g/mol. The largest absolute Gasteiger partial charge is 0.484 e. The van der Waals surface area contributed by atoms with Crippen LogP contribution in [0.3, 0.4) is 0 Å². The van der Waals surface area contributed by atoms with Crippen molar-refractivity contribution in [3.63, 3.8) is 0 Å². The molecule has 0 spiro atoms. The van der Waals surface area contributed by atoms with Crippen LogP contribution in [0.2, 0.25) is 0 Å². The first-order valence-corrected chi connectivity index (χ1v) is 7.77. The van der Waals surface area contributed by atoms with Gasteiger partial charge in [-0.05, 0) is 48.5 Å². The van der Waals surface area contributed by atoms with Gasteiger partial charge in [0.2, 0.25) is 0 Å². The second-order valence-electron chi connectivity index (χ2n) is 4.76. The molecule has 0 saturated carbocycles. The van der Waals surface area contributed by atoms with Crippen molar-refractivity contribution in [3.05, 3.63) is 54.1 Å². The molecule has 1 N–H and O–H groups in total. The Labute approximate surface area is 144 Å². The lowest BCUT2D eigenvalue weighted by molar-refractivity contribution is -0.137. The molecule has 0 unspecified atom stereocenters. The summed E-state index contributed by atoms with van der Waals surface area (Å²) in [4.78, 5) is 12.1. The van der Waals surface area contributed by atoms with Gasteiger partial charge in [-0.25, -0.2) is 0 Å². The third-order valence-corrected chi connectivity index (χ3v) is 3.64. The Hall–Kier alpha value is -2.29. The Morgan fingerprint density at radius 3 is 2.16 bits per heavy atom. The second kappa shape index (κ2) is 8.19. The van der Waals surface area contributed by atoms with Gasteiger partial charge >= 0.3 is 6.18 Å². The molecule has 2 aromatic carbocycles. The first kappa shape index (κ1) is 19.0. The Bertz CT molecular complexity index is 702. The van der Waals surface area contributed by atoms with Crippen LogP contribution < -0.4 is 10.1 Å². The van der Waals surface area contributed by atoms with Gasteiger partial charge in [0.1, 0.15) is 5.75 Å².